The molecule has 0 saturated carbocycles. The van der Waals surface area contributed by atoms with Gasteiger partial charge in [-0.05, 0) is 42.7 Å². The van der Waals surface area contributed by atoms with Crippen molar-refractivity contribution in [1.29, 1.82) is 0 Å². The van der Waals surface area contributed by atoms with Crippen LogP contribution >= 0.6 is 0 Å². The second-order valence-corrected chi connectivity index (χ2v) is 8.09. The zero-order valence-electron chi connectivity index (χ0n) is 19.1. The fourth-order valence-corrected chi connectivity index (χ4v) is 3.48. The molecule has 0 spiro atoms. The average molecular weight is 441 g/mol. The number of hydrogen-bond donors (Lipinski definition) is 2. The molecule has 0 heterocycles. The number of aliphatic hydroxyl groups excluding tert-OH is 1. The first-order valence-corrected chi connectivity index (χ1v) is 11.6. The highest BCUT2D eigenvalue weighted by Gasteiger charge is 2.03. The van der Waals surface area contributed by atoms with Crippen molar-refractivity contribution >= 4 is 23.3 Å². The molecule has 2 aromatic carbocycles. The molecule has 0 unspecified atom stereocenters. The molecular formula is C25H36N4O3. The molecule has 2 N–H and O–H groups in total. The summed E-state index contributed by atoms with van der Waals surface area (Å²) in [6, 6.07) is 14.4. The Morgan fingerprint density at radius 2 is 1.47 bits per heavy atom. The number of rotatable bonds is 16. The molecule has 0 bridgehead atoms. The van der Waals surface area contributed by atoms with E-state index in [4.69, 9.17) is 5.11 Å². The number of anilines is 2. The Bertz CT molecular complexity index is 807. The van der Waals surface area contributed by atoms with Crippen LogP contribution in [0.15, 0.2) is 53.6 Å². The van der Waals surface area contributed by atoms with Gasteiger partial charge in [-0.1, -0.05) is 57.1 Å². The molecule has 0 aromatic heterocycles. The van der Waals surface area contributed by atoms with E-state index in [9.17, 15) is 10.1 Å². The second kappa shape index (κ2) is 15.0. The zero-order chi connectivity index (χ0) is 23.0. The molecule has 0 amide bonds. The molecule has 0 fully saturated rings. The minimum Gasteiger partial charge on any atom is -0.396 e. The smallest absolute Gasteiger partial charge is 0.269 e. The predicted octanol–water partition coefficient (Wildman–Crippen LogP) is 5.98. The van der Waals surface area contributed by atoms with E-state index >= 15 is 0 Å². The summed E-state index contributed by atoms with van der Waals surface area (Å²) in [6.07, 6.45) is 12.7. The van der Waals surface area contributed by atoms with Crippen molar-refractivity contribution in [2.75, 3.05) is 30.5 Å². The van der Waals surface area contributed by atoms with Crippen LogP contribution in [0, 0.1) is 10.1 Å². The number of non-ortho nitro benzene ring substituents is 1. The minimum absolute atomic E-state index is 0.0598. The summed E-state index contributed by atoms with van der Waals surface area (Å²) in [5.74, 6) is 0. The van der Waals surface area contributed by atoms with Gasteiger partial charge in [-0.15, -0.1) is 0 Å². The molecule has 0 atom stereocenters. The van der Waals surface area contributed by atoms with Crippen molar-refractivity contribution in [3.05, 3.63) is 64.2 Å². The zero-order valence-corrected chi connectivity index (χ0v) is 19.1. The molecule has 32 heavy (non-hydrogen) atoms. The van der Waals surface area contributed by atoms with Crippen LogP contribution in [0.3, 0.4) is 0 Å². The van der Waals surface area contributed by atoms with Crippen LogP contribution in [0.25, 0.3) is 0 Å². The van der Waals surface area contributed by atoms with Gasteiger partial charge in [-0.25, -0.2) is 0 Å². The number of benzene rings is 2. The largest absolute Gasteiger partial charge is 0.396 e. The fourth-order valence-electron chi connectivity index (χ4n) is 3.48. The maximum Gasteiger partial charge on any atom is 0.269 e. The van der Waals surface area contributed by atoms with Crippen LogP contribution in [0.1, 0.15) is 63.4 Å². The van der Waals surface area contributed by atoms with Crippen LogP contribution in [-0.4, -0.2) is 36.4 Å². The third-order valence-electron chi connectivity index (χ3n) is 5.47. The van der Waals surface area contributed by atoms with Crippen LogP contribution in [0.4, 0.5) is 17.1 Å². The van der Waals surface area contributed by atoms with Gasteiger partial charge in [-0.2, -0.15) is 5.10 Å². The van der Waals surface area contributed by atoms with E-state index in [-0.39, 0.29) is 5.69 Å². The first-order valence-electron chi connectivity index (χ1n) is 11.6. The van der Waals surface area contributed by atoms with Gasteiger partial charge in [0.1, 0.15) is 0 Å². The summed E-state index contributed by atoms with van der Waals surface area (Å²) in [5, 5.41) is 23.7. The van der Waals surface area contributed by atoms with Gasteiger partial charge in [0.2, 0.25) is 0 Å². The van der Waals surface area contributed by atoms with Gasteiger partial charge < -0.3 is 10.0 Å². The van der Waals surface area contributed by atoms with Gasteiger partial charge in [0.05, 0.1) is 16.8 Å². The molecule has 0 saturated heterocycles. The topological polar surface area (TPSA) is 91.0 Å². The number of nitrogens with one attached hydrogen (secondary N) is 1. The second-order valence-electron chi connectivity index (χ2n) is 8.09. The van der Waals surface area contributed by atoms with E-state index in [1.165, 1.54) is 62.8 Å². The number of unbranched alkanes of at least 4 members (excludes halogenated alkanes) is 8. The highest BCUT2D eigenvalue weighted by Crippen LogP contribution is 2.17. The molecule has 2 rings (SSSR count). The predicted molar refractivity (Wildman–Crippen MR) is 133 cm³/mol. The lowest BCUT2D eigenvalue weighted by Crippen LogP contribution is -2.18. The quantitative estimate of drug-likeness (QED) is 0.145. The lowest BCUT2D eigenvalue weighted by molar-refractivity contribution is -0.384. The normalized spacial score (nSPS) is 11.1. The Labute approximate surface area is 191 Å². The Morgan fingerprint density at radius 3 is 2.03 bits per heavy atom. The monoisotopic (exact) mass is 440 g/mol. The van der Waals surface area contributed by atoms with E-state index in [1.54, 1.807) is 18.3 Å². The molecule has 2 aromatic rings. The molecule has 7 heteroatoms. The standard InChI is InChI=1S/C25H36N4O3/c1-28(19-9-7-5-3-2-4-6-8-10-20-30)24-15-11-22(12-16-24)21-26-27-23-13-17-25(18-14-23)29(31)32/h11-18,21,27,30H,2-10,19-20H2,1H3. The molecule has 0 aliphatic rings. The molecule has 174 valence electrons. The van der Waals surface area contributed by atoms with Crippen LogP contribution in [0.5, 0.6) is 0 Å². The van der Waals surface area contributed by atoms with Crippen molar-refractivity contribution in [1.82, 2.24) is 0 Å². The summed E-state index contributed by atoms with van der Waals surface area (Å²) in [7, 11) is 2.13. The van der Waals surface area contributed by atoms with Crippen molar-refractivity contribution in [2.24, 2.45) is 5.10 Å². The lowest BCUT2D eigenvalue weighted by atomic mass is 10.1. The number of aliphatic hydroxyl groups is 1. The maximum absolute atomic E-state index is 10.7. The van der Waals surface area contributed by atoms with Crippen LogP contribution < -0.4 is 10.3 Å². The van der Waals surface area contributed by atoms with Crippen molar-refractivity contribution in [3.63, 3.8) is 0 Å². The maximum atomic E-state index is 10.7. The fraction of sp³-hybridized carbons (Fsp3) is 0.480. The Kier molecular flexibility index (Phi) is 11.8. The van der Waals surface area contributed by atoms with E-state index in [0.717, 1.165) is 24.9 Å². The van der Waals surface area contributed by atoms with Gasteiger partial charge in [0.25, 0.3) is 5.69 Å². The third kappa shape index (κ3) is 9.92. The first-order chi connectivity index (χ1) is 15.6. The van der Waals surface area contributed by atoms with Gasteiger partial charge in [-0.3, -0.25) is 15.5 Å². The van der Waals surface area contributed by atoms with Gasteiger partial charge in [0.15, 0.2) is 0 Å². The van der Waals surface area contributed by atoms with Crippen molar-refractivity contribution in [2.45, 2.75) is 57.8 Å². The van der Waals surface area contributed by atoms with E-state index in [0.29, 0.717) is 12.3 Å². The highest BCUT2D eigenvalue weighted by molar-refractivity contribution is 5.81. The number of nitro benzene ring substituents is 1. The van der Waals surface area contributed by atoms with Crippen LogP contribution in [-0.2, 0) is 0 Å². The summed E-state index contributed by atoms with van der Waals surface area (Å²) >= 11 is 0. The van der Waals surface area contributed by atoms with E-state index < -0.39 is 4.92 Å². The minimum atomic E-state index is -0.421. The molecule has 7 nitrogen and oxygen atoms in total. The van der Waals surface area contributed by atoms with E-state index in [1.807, 2.05) is 12.1 Å². The van der Waals surface area contributed by atoms with Gasteiger partial charge in [0, 0.05) is 38.0 Å². The Hall–Kier alpha value is -2.93. The van der Waals surface area contributed by atoms with Gasteiger partial charge >= 0.3 is 0 Å². The number of nitrogens with zero attached hydrogens (tertiary/aromatic N) is 3. The van der Waals surface area contributed by atoms with Crippen molar-refractivity contribution in [3.8, 4) is 0 Å². The lowest BCUT2D eigenvalue weighted by Gasteiger charge is -2.19. The number of nitro groups is 1. The number of hydrogen-bond acceptors (Lipinski definition) is 6. The summed E-state index contributed by atoms with van der Waals surface area (Å²) in [5.41, 5.74) is 5.81. The average Bonchev–Trinajstić information content (AvgIpc) is 2.81. The molecule has 0 aliphatic heterocycles. The highest BCUT2D eigenvalue weighted by atomic mass is 16.6. The molecular weight excluding hydrogens is 404 g/mol. The van der Waals surface area contributed by atoms with E-state index in [2.05, 4.69) is 34.6 Å². The van der Waals surface area contributed by atoms with Crippen LogP contribution in [0.2, 0.25) is 0 Å². The number of hydrazone groups is 1. The summed E-state index contributed by atoms with van der Waals surface area (Å²) in [4.78, 5) is 12.5. The third-order valence-corrected chi connectivity index (χ3v) is 5.47. The Morgan fingerprint density at radius 1 is 0.906 bits per heavy atom. The summed E-state index contributed by atoms with van der Waals surface area (Å²) in [6.45, 7) is 1.37. The summed E-state index contributed by atoms with van der Waals surface area (Å²) < 4.78 is 0. The SMILES string of the molecule is CN(CCCCCCCCCCCO)c1ccc(C=NNc2ccc([N+](=O)[O-])cc2)cc1. The Balaban J connectivity index is 1.62. The molecule has 0 aliphatic carbocycles. The first kappa shape index (κ1) is 25.3. The molecule has 0 radical (unpaired) electrons. The van der Waals surface area contributed by atoms with Crippen molar-refractivity contribution < 1.29 is 10.0 Å².